The van der Waals surface area contributed by atoms with E-state index in [2.05, 4.69) is 4.98 Å². The molecular formula is C10H16N4O. The Morgan fingerprint density at radius 1 is 1.67 bits per heavy atom. The van der Waals surface area contributed by atoms with Crippen molar-refractivity contribution in [3.63, 3.8) is 0 Å². The van der Waals surface area contributed by atoms with E-state index < -0.39 is 0 Å². The molecule has 0 unspecified atom stereocenters. The summed E-state index contributed by atoms with van der Waals surface area (Å²) in [5.41, 5.74) is 7.00. The SMILES string of the molecule is CCN1C(=O)C[C@H](N)[C@H]1c1cncn1C. The smallest absolute Gasteiger partial charge is 0.224 e. The van der Waals surface area contributed by atoms with Crippen LogP contribution < -0.4 is 5.73 Å². The number of aryl methyl sites for hydroxylation is 1. The normalized spacial score (nSPS) is 26.3. The molecule has 0 bridgehead atoms. The van der Waals surface area contributed by atoms with Gasteiger partial charge in [0.2, 0.25) is 5.91 Å². The Bertz CT molecular complexity index is 373. The Morgan fingerprint density at radius 3 is 2.93 bits per heavy atom. The van der Waals surface area contributed by atoms with Gasteiger partial charge in [0, 0.05) is 26.1 Å². The molecule has 1 aliphatic heterocycles. The Labute approximate surface area is 88.9 Å². The number of nitrogens with zero attached hydrogens (tertiary/aromatic N) is 3. The topological polar surface area (TPSA) is 64.2 Å². The molecule has 0 radical (unpaired) electrons. The van der Waals surface area contributed by atoms with E-state index in [-0.39, 0.29) is 18.0 Å². The van der Waals surface area contributed by atoms with Gasteiger partial charge in [-0.1, -0.05) is 0 Å². The van der Waals surface area contributed by atoms with E-state index in [1.807, 2.05) is 23.4 Å². The minimum Gasteiger partial charge on any atom is -0.336 e. The third-order valence-electron chi connectivity index (χ3n) is 2.97. The molecular weight excluding hydrogens is 192 g/mol. The lowest BCUT2D eigenvalue weighted by Crippen LogP contribution is -2.34. The van der Waals surface area contributed by atoms with E-state index in [9.17, 15) is 4.79 Å². The summed E-state index contributed by atoms with van der Waals surface area (Å²) >= 11 is 0. The molecule has 1 aromatic heterocycles. The lowest BCUT2D eigenvalue weighted by atomic mass is 10.1. The number of imidazole rings is 1. The number of nitrogens with two attached hydrogens (primary N) is 1. The predicted octanol–water partition coefficient (Wildman–Crippen LogP) is 0.0407. The molecule has 2 rings (SSSR count). The molecule has 2 N–H and O–H groups in total. The second-order valence-corrected chi connectivity index (χ2v) is 3.92. The number of hydrogen-bond donors (Lipinski definition) is 1. The fourth-order valence-electron chi connectivity index (χ4n) is 2.22. The number of likely N-dealkylation sites (tertiary alicyclic amines) is 1. The minimum absolute atomic E-state index is 0.0185. The molecule has 1 aliphatic rings. The highest BCUT2D eigenvalue weighted by Crippen LogP contribution is 2.30. The number of rotatable bonds is 2. The zero-order chi connectivity index (χ0) is 11.0. The largest absolute Gasteiger partial charge is 0.336 e. The summed E-state index contributed by atoms with van der Waals surface area (Å²) in [5, 5.41) is 0. The maximum atomic E-state index is 11.6. The Hall–Kier alpha value is -1.36. The first kappa shape index (κ1) is 10.2. The lowest BCUT2D eigenvalue weighted by molar-refractivity contribution is -0.128. The van der Waals surface area contributed by atoms with Crippen LogP contribution in [0.25, 0.3) is 0 Å². The van der Waals surface area contributed by atoms with Gasteiger partial charge in [-0.2, -0.15) is 0 Å². The molecule has 0 spiro atoms. The van der Waals surface area contributed by atoms with Crippen molar-refractivity contribution in [2.24, 2.45) is 12.8 Å². The first-order valence-corrected chi connectivity index (χ1v) is 5.16. The van der Waals surface area contributed by atoms with Gasteiger partial charge in [-0.3, -0.25) is 4.79 Å². The van der Waals surface area contributed by atoms with Crippen molar-refractivity contribution in [2.45, 2.75) is 25.4 Å². The van der Waals surface area contributed by atoms with E-state index in [0.717, 1.165) is 5.69 Å². The van der Waals surface area contributed by atoms with E-state index in [1.54, 1.807) is 12.5 Å². The fourth-order valence-corrected chi connectivity index (χ4v) is 2.22. The van der Waals surface area contributed by atoms with Crippen LogP contribution in [0, 0.1) is 0 Å². The van der Waals surface area contributed by atoms with Gasteiger partial charge in [0.1, 0.15) is 0 Å². The zero-order valence-corrected chi connectivity index (χ0v) is 9.05. The van der Waals surface area contributed by atoms with Gasteiger partial charge in [-0.25, -0.2) is 4.98 Å². The van der Waals surface area contributed by atoms with Crippen LogP contribution in [0.2, 0.25) is 0 Å². The highest BCUT2D eigenvalue weighted by Gasteiger charge is 2.38. The number of carbonyl (C=O) groups is 1. The molecule has 2 heterocycles. The van der Waals surface area contributed by atoms with Crippen LogP contribution in [-0.2, 0) is 11.8 Å². The van der Waals surface area contributed by atoms with Crippen LogP contribution in [0.15, 0.2) is 12.5 Å². The third-order valence-corrected chi connectivity index (χ3v) is 2.97. The highest BCUT2D eigenvalue weighted by atomic mass is 16.2. The summed E-state index contributed by atoms with van der Waals surface area (Å²) in [6, 6.07) is -0.136. The maximum absolute atomic E-state index is 11.6. The van der Waals surface area contributed by atoms with Gasteiger partial charge in [-0.05, 0) is 6.92 Å². The predicted molar refractivity (Wildman–Crippen MR) is 55.9 cm³/mol. The first-order chi connectivity index (χ1) is 7.15. The first-order valence-electron chi connectivity index (χ1n) is 5.16. The van der Waals surface area contributed by atoms with Crippen molar-refractivity contribution in [1.29, 1.82) is 0 Å². The molecule has 15 heavy (non-hydrogen) atoms. The van der Waals surface area contributed by atoms with E-state index >= 15 is 0 Å². The summed E-state index contributed by atoms with van der Waals surface area (Å²) in [4.78, 5) is 17.5. The second kappa shape index (κ2) is 3.66. The van der Waals surface area contributed by atoms with E-state index in [4.69, 9.17) is 5.73 Å². The van der Waals surface area contributed by atoms with Crippen LogP contribution in [-0.4, -0.2) is 32.9 Å². The van der Waals surface area contributed by atoms with Crippen molar-refractivity contribution in [3.05, 3.63) is 18.2 Å². The Morgan fingerprint density at radius 2 is 2.40 bits per heavy atom. The average Bonchev–Trinajstić information content (AvgIpc) is 2.70. The van der Waals surface area contributed by atoms with Crippen molar-refractivity contribution in [1.82, 2.24) is 14.5 Å². The van der Waals surface area contributed by atoms with Crippen molar-refractivity contribution in [2.75, 3.05) is 6.54 Å². The standard InChI is InChI=1S/C10H16N4O/c1-3-14-9(15)4-7(11)10(14)8-5-12-6-13(8)2/h5-7,10H,3-4,11H2,1-2H3/t7-,10-/m0/s1. The lowest BCUT2D eigenvalue weighted by Gasteiger charge is -2.25. The average molecular weight is 208 g/mol. The summed E-state index contributed by atoms with van der Waals surface area (Å²) in [6.07, 6.45) is 3.95. The second-order valence-electron chi connectivity index (χ2n) is 3.92. The van der Waals surface area contributed by atoms with Gasteiger partial charge in [0.15, 0.2) is 0 Å². The molecule has 1 amide bonds. The quantitative estimate of drug-likeness (QED) is 0.746. The molecule has 2 atom stereocenters. The van der Waals surface area contributed by atoms with Gasteiger partial charge < -0.3 is 15.2 Å². The fraction of sp³-hybridized carbons (Fsp3) is 0.600. The van der Waals surface area contributed by atoms with Crippen LogP contribution in [0.5, 0.6) is 0 Å². The highest BCUT2D eigenvalue weighted by molar-refractivity contribution is 5.80. The van der Waals surface area contributed by atoms with Crippen LogP contribution in [0.1, 0.15) is 25.1 Å². The molecule has 1 fully saturated rings. The number of hydrogen-bond acceptors (Lipinski definition) is 3. The van der Waals surface area contributed by atoms with Crippen LogP contribution >= 0.6 is 0 Å². The van der Waals surface area contributed by atoms with Crippen LogP contribution in [0.4, 0.5) is 0 Å². The molecule has 1 saturated heterocycles. The Balaban J connectivity index is 2.35. The summed E-state index contributed by atoms with van der Waals surface area (Å²) in [7, 11) is 1.92. The van der Waals surface area contributed by atoms with E-state index in [1.165, 1.54) is 0 Å². The van der Waals surface area contributed by atoms with Gasteiger partial charge in [0.25, 0.3) is 0 Å². The molecule has 5 heteroatoms. The van der Waals surface area contributed by atoms with Crippen molar-refractivity contribution in [3.8, 4) is 0 Å². The minimum atomic E-state index is -0.118. The number of amides is 1. The molecule has 0 aromatic carbocycles. The summed E-state index contributed by atoms with van der Waals surface area (Å²) in [5.74, 6) is 0.135. The number of likely N-dealkylation sites (N-methyl/N-ethyl adjacent to an activating group) is 1. The summed E-state index contributed by atoms with van der Waals surface area (Å²) in [6.45, 7) is 2.67. The molecule has 5 nitrogen and oxygen atoms in total. The van der Waals surface area contributed by atoms with Gasteiger partial charge in [-0.15, -0.1) is 0 Å². The molecule has 0 saturated carbocycles. The zero-order valence-electron chi connectivity index (χ0n) is 9.05. The van der Waals surface area contributed by atoms with E-state index in [0.29, 0.717) is 13.0 Å². The third kappa shape index (κ3) is 1.52. The summed E-state index contributed by atoms with van der Waals surface area (Å²) < 4.78 is 1.92. The van der Waals surface area contributed by atoms with Crippen LogP contribution in [0.3, 0.4) is 0 Å². The number of aromatic nitrogens is 2. The Kier molecular flexibility index (Phi) is 2.48. The van der Waals surface area contributed by atoms with Crippen molar-refractivity contribution < 1.29 is 4.79 Å². The molecule has 1 aromatic rings. The van der Waals surface area contributed by atoms with Crippen molar-refractivity contribution >= 4 is 5.91 Å². The molecule has 82 valence electrons. The monoisotopic (exact) mass is 208 g/mol. The maximum Gasteiger partial charge on any atom is 0.224 e. The number of carbonyl (C=O) groups excluding carboxylic acids is 1. The van der Waals surface area contributed by atoms with Gasteiger partial charge in [0.05, 0.1) is 24.3 Å². The molecule has 0 aliphatic carbocycles. The van der Waals surface area contributed by atoms with Gasteiger partial charge >= 0.3 is 0 Å².